The third-order valence-corrected chi connectivity index (χ3v) is 6.52. The summed E-state index contributed by atoms with van der Waals surface area (Å²) in [6.45, 7) is 0. The first-order valence-electron chi connectivity index (χ1n) is 9.04. The first-order valence-corrected chi connectivity index (χ1v) is 11.2. The third kappa shape index (κ3) is 5.10. The van der Waals surface area contributed by atoms with Gasteiger partial charge in [0.05, 0.1) is 28.8 Å². The molecule has 10 heteroatoms. The zero-order chi connectivity index (χ0) is 20.9. The predicted molar refractivity (Wildman–Crippen MR) is 118 cm³/mol. The number of rotatable bonds is 8. The summed E-state index contributed by atoms with van der Waals surface area (Å²) >= 11 is 9.18. The molecule has 0 aliphatic carbocycles. The number of nitrogens with zero attached hydrogens (tertiary/aromatic N) is 3. The van der Waals surface area contributed by atoms with Gasteiger partial charge in [-0.15, -0.1) is 11.3 Å². The van der Waals surface area contributed by atoms with Gasteiger partial charge in [0.2, 0.25) is 11.8 Å². The van der Waals surface area contributed by atoms with E-state index in [-0.39, 0.29) is 12.3 Å². The zero-order valence-electron chi connectivity index (χ0n) is 15.9. The first-order chi connectivity index (χ1) is 14.6. The van der Waals surface area contributed by atoms with E-state index in [4.69, 9.17) is 20.9 Å². The van der Waals surface area contributed by atoms with Gasteiger partial charge in [-0.3, -0.25) is 4.79 Å². The minimum absolute atomic E-state index is 0.195. The van der Waals surface area contributed by atoms with E-state index < -0.39 is 0 Å². The molecule has 0 atom stereocenters. The largest absolute Gasteiger partial charge is 0.495 e. The van der Waals surface area contributed by atoms with Crippen LogP contribution < -0.4 is 10.1 Å². The number of thioether (sulfide) groups is 1. The number of carbonyl (C=O) groups is 1. The second kappa shape index (κ2) is 9.46. The number of ether oxygens (including phenoxy) is 1. The van der Waals surface area contributed by atoms with Gasteiger partial charge in [0.15, 0.2) is 10.2 Å². The Kier molecular flexibility index (Phi) is 6.51. The summed E-state index contributed by atoms with van der Waals surface area (Å²) in [6.07, 6.45) is 0.538. The summed E-state index contributed by atoms with van der Waals surface area (Å²) in [5, 5.41) is 7.29. The number of thiazole rings is 1. The van der Waals surface area contributed by atoms with Crippen LogP contribution in [0.4, 0.5) is 5.69 Å². The molecule has 1 N–H and O–H groups in total. The minimum Gasteiger partial charge on any atom is -0.495 e. The number of aromatic nitrogens is 3. The second-order valence-corrected chi connectivity index (χ2v) is 8.92. The topological polar surface area (TPSA) is 90.1 Å². The Labute approximate surface area is 185 Å². The molecule has 0 bridgehead atoms. The molecular weight excluding hydrogens is 444 g/mol. The maximum absolute atomic E-state index is 12.3. The molecule has 0 saturated carbocycles. The maximum Gasteiger partial charge on any atom is 0.227 e. The van der Waals surface area contributed by atoms with Crippen LogP contribution in [0.15, 0.2) is 51.3 Å². The molecule has 0 fully saturated rings. The van der Waals surface area contributed by atoms with Gasteiger partial charge in [-0.25, -0.2) is 4.98 Å². The highest BCUT2D eigenvalue weighted by Gasteiger charge is 2.13. The molecule has 2 aromatic carbocycles. The number of nitrogens with one attached hydrogen (secondary N) is 1. The Morgan fingerprint density at radius 2 is 2.13 bits per heavy atom. The fourth-order valence-electron chi connectivity index (χ4n) is 2.70. The number of amides is 1. The lowest BCUT2D eigenvalue weighted by molar-refractivity contribution is -0.116. The van der Waals surface area contributed by atoms with Crippen molar-refractivity contribution in [3.05, 3.63) is 59.2 Å². The molecule has 30 heavy (non-hydrogen) atoms. The molecule has 2 aromatic heterocycles. The van der Waals surface area contributed by atoms with E-state index in [2.05, 4.69) is 20.4 Å². The van der Waals surface area contributed by atoms with Gasteiger partial charge in [0, 0.05) is 17.9 Å². The molecule has 1 amide bonds. The number of benzene rings is 2. The number of para-hydroxylation sites is 1. The van der Waals surface area contributed by atoms with Crippen molar-refractivity contribution in [3.8, 4) is 5.75 Å². The van der Waals surface area contributed by atoms with Crippen molar-refractivity contribution in [3.63, 3.8) is 0 Å². The number of fused-ring (bicyclic) bond motifs is 1. The number of aryl methyl sites for hydroxylation is 1. The van der Waals surface area contributed by atoms with Crippen LogP contribution in [-0.2, 0) is 17.0 Å². The minimum atomic E-state index is -0.195. The van der Waals surface area contributed by atoms with E-state index in [1.54, 1.807) is 41.3 Å². The molecule has 4 aromatic rings. The highest BCUT2D eigenvalue weighted by molar-refractivity contribution is 8.00. The SMILES string of the molecule is COc1ccc(Cl)cc1NC(=O)CCc1nc(CSc2nc3ccccc3s2)no1. The van der Waals surface area contributed by atoms with E-state index in [1.165, 1.54) is 7.11 Å². The Hall–Kier alpha value is -2.62. The Morgan fingerprint density at radius 1 is 1.27 bits per heavy atom. The number of methoxy groups -OCH3 is 1. The lowest BCUT2D eigenvalue weighted by Crippen LogP contribution is -2.13. The predicted octanol–water partition coefficient (Wildman–Crippen LogP) is 5.20. The van der Waals surface area contributed by atoms with E-state index >= 15 is 0 Å². The quantitative estimate of drug-likeness (QED) is 0.361. The van der Waals surface area contributed by atoms with Crippen molar-refractivity contribution in [1.82, 2.24) is 15.1 Å². The van der Waals surface area contributed by atoms with E-state index in [0.717, 1.165) is 14.6 Å². The van der Waals surface area contributed by atoms with Crippen LogP contribution >= 0.6 is 34.7 Å². The lowest BCUT2D eigenvalue weighted by atomic mass is 10.2. The Morgan fingerprint density at radius 3 is 2.97 bits per heavy atom. The van der Waals surface area contributed by atoms with Gasteiger partial charge in [0.25, 0.3) is 0 Å². The molecule has 0 radical (unpaired) electrons. The molecule has 7 nitrogen and oxygen atoms in total. The summed E-state index contributed by atoms with van der Waals surface area (Å²) in [4.78, 5) is 21.2. The van der Waals surface area contributed by atoms with Crippen LogP contribution in [0.2, 0.25) is 5.02 Å². The average molecular weight is 461 g/mol. The molecule has 0 aliphatic heterocycles. The first kappa shape index (κ1) is 20.6. The monoisotopic (exact) mass is 460 g/mol. The summed E-state index contributed by atoms with van der Waals surface area (Å²) in [5.74, 6) is 1.89. The van der Waals surface area contributed by atoms with Crippen molar-refractivity contribution in [2.45, 2.75) is 22.9 Å². The summed E-state index contributed by atoms with van der Waals surface area (Å²) in [5.41, 5.74) is 1.51. The number of halogens is 1. The number of carbonyl (C=O) groups excluding carboxylic acids is 1. The molecule has 0 saturated heterocycles. The average Bonchev–Trinajstić information content (AvgIpc) is 3.37. The number of hydrogen-bond acceptors (Lipinski definition) is 8. The Balaban J connectivity index is 1.29. The zero-order valence-corrected chi connectivity index (χ0v) is 18.3. The fourth-order valence-corrected chi connectivity index (χ4v) is 4.78. The van der Waals surface area contributed by atoms with Gasteiger partial charge in [-0.1, -0.05) is 40.7 Å². The smallest absolute Gasteiger partial charge is 0.227 e. The standard InChI is InChI=1S/C20H17ClN4O3S2/c1-27-15-7-6-12(21)10-14(15)22-18(26)8-9-19-24-17(25-28-19)11-29-20-23-13-4-2-3-5-16(13)30-20/h2-7,10H,8-9,11H2,1H3,(H,22,26). The molecule has 0 unspecified atom stereocenters. The van der Waals surface area contributed by atoms with E-state index in [0.29, 0.717) is 40.3 Å². The van der Waals surface area contributed by atoms with Gasteiger partial charge in [-0.05, 0) is 30.3 Å². The van der Waals surface area contributed by atoms with E-state index in [1.807, 2.05) is 24.3 Å². The van der Waals surface area contributed by atoms with E-state index in [9.17, 15) is 4.79 Å². The summed E-state index contributed by atoms with van der Waals surface area (Å²) < 4.78 is 12.6. The molecule has 154 valence electrons. The van der Waals surface area contributed by atoms with Crippen LogP contribution in [0.5, 0.6) is 5.75 Å². The third-order valence-electron chi connectivity index (χ3n) is 4.11. The molecule has 2 heterocycles. The number of hydrogen-bond donors (Lipinski definition) is 1. The highest BCUT2D eigenvalue weighted by atomic mass is 35.5. The molecular formula is C20H17ClN4O3S2. The normalized spacial score (nSPS) is 11.0. The van der Waals surface area contributed by atoms with Crippen LogP contribution in [0.3, 0.4) is 0 Å². The summed E-state index contributed by atoms with van der Waals surface area (Å²) in [7, 11) is 1.53. The Bertz CT molecular complexity index is 1140. The van der Waals surface area contributed by atoms with Crippen LogP contribution in [-0.4, -0.2) is 28.1 Å². The summed E-state index contributed by atoms with van der Waals surface area (Å²) in [6, 6.07) is 13.1. The fraction of sp³-hybridized carbons (Fsp3) is 0.200. The lowest BCUT2D eigenvalue weighted by Gasteiger charge is -2.10. The van der Waals surface area contributed by atoms with Gasteiger partial charge < -0.3 is 14.6 Å². The van der Waals surface area contributed by atoms with Crippen molar-refractivity contribution < 1.29 is 14.1 Å². The van der Waals surface area contributed by atoms with Crippen molar-refractivity contribution in [1.29, 1.82) is 0 Å². The molecule has 0 spiro atoms. The maximum atomic E-state index is 12.3. The van der Waals surface area contributed by atoms with Crippen LogP contribution in [0, 0.1) is 0 Å². The highest BCUT2D eigenvalue weighted by Crippen LogP contribution is 2.31. The van der Waals surface area contributed by atoms with Gasteiger partial charge >= 0.3 is 0 Å². The van der Waals surface area contributed by atoms with Crippen LogP contribution in [0.25, 0.3) is 10.2 Å². The van der Waals surface area contributed by atoms with Gasteiger partial charge in [0.1, 0.15) is 5.75 Å². The van der Waals surface area contributed by atoms with Crippen molar-refractivity contribution in [2.75, 3.05) is 12.4 Å². The molecule has 0 aliphatic rings. The van der Waals surface area contributed by atoms with Crippen molar-refractivity contribution >= 4 is 56.5 Å². The molecule has 4 rings (SSSR count). The second-order valence-electron chi connectivity index (χ2n) is 6.23. The van der Waals surface area contributed by atoms with Crippen LogP contribution in [0.1, 0.15) is 18.1 Å². The van der Waals surface area contributed by atoms with Gasteiger partial charge in [-0.2, -0.15) is 4.98 Å². The van der Waals surface area contributed by atoms with Crippen molar-refractivity contribution in [2.24, 2.45) is 0 Å². The number of anilines is 1.